The number of primary amides is 1. The number of amides is 7. The molecule has 0 saturated heterocycles. The molecular formula is C37H59N7O9S. The van der Waals surface area contributed by atoms with Crippen molar-refractivity contribution in [1.29, 1.82) is 0 Å². The Labute approximate surface area is 322 Å². The van der Waals surface area contributed by atoms with Crippen molar-refractivity contribution in [2.24, 2.45) is 23.5 Å². The van der Waals surface area contributed by atoms with E-state index in [4.69, 9.17) is 5.73 Å². The summed E-state index contributed by atoms with van der Waals surface area (Å²) in [5.41, 5.74) is 6.07. The predicted octanol–water partition coefficient (Wildman–Crippen LogP) is 0.619. The Morgan fingerprint density at radius 3 is 1.61 bits per heavy atom. The Hall–Kier alpha value is -4.67. The van der Waals surface area contributed by atoms with Crippen LogP contribution in [0.25, 0.3) is 0 Å². The minimum atomic E-state index is -1.63. The number of nitrogens with two attached hydrogens (primary N) is 1. The predicted molar refractivity (Wildman–Crippen MR) is 206 cm³/mol. The average Bonchev–Trinajstić information content (AvgIpc) is 3.11. The Bertz CT molecular complexity index is 1450. The molecule has 17 heteroatoms. The first-order chi connectivity index (χ1) is 25.4. The molecule has 0 heterocycles. The minimum absolute atomic E-state index is 0.0660. The molecule has 0 spiro atoms. The molecular weight excluding hydrogens is 719 g/mol. The fraction of sp³-hybridized carbons (Fsp3) is 0.622. The van der Waals surface area contributed by atoms with Crippen LogP contribution in [0, 0.1) is 17.8 Å². The van der Waals surface area contributed by atoms with Crippen LogP contribution < -0.4 is 37.6 Å². The van der Waals surface area contributed by atoms with Gasteiger partial charge in [-0.1, -0.05) is 84.7 Å². The molecule has 0 bridgehead atoms. The summed E-state index contributed by atoms with van der Waals surface area (Å²) in [6.07, 6.45) is 2.10. The van der Waals surface area contributed by atoms with E-state index in [1.165, 1.54) is 18.7 Å². The summed E-state index contributed by atoms with van der Waals surface area (Å²) in [6.45, 7) is 11.9. The molecule has 0 fully saturated rings. The van der Waals surface area contributed by atoms with Gasteiger partial charge in [-0.25, -0.2) is 0 Å². The van der Waals surface area contributed by atoms with E-state index < -0.39 is 102 Å². The van der Waals surface area contributed by atoms with E-state index in [1.54, 1.807) is 64.3 Å². The molecule has 1 rings (SSSR count). The first-order valence-corrected chi connectivity index (χ1v) is 19.6. The van der Waals surface area contributed by atoms with E-state index >= 15 is 0 Å². The number of aliphatic carboxylic acids is 1. The second-order valence-corrected chi connectivity index (χ2v) is 14.8. The maximum atomic E-state index is 14.0. The molecule has 9 N–H and O–H groups in total. The first-order valence-electron chi connectivity index (χ1n) is 18.2. The molecule has 16 nitrogen and oxygen atoms in total. The van der Waals surface area contributed by atoms with E-state index in [0.29, 0.717) is 24.2 Å². The van der Waals surface area contributed by atoms with E-state index in [1.807, 2.05) is 13.8 Å². The van der Waals surface area contributed by atoms with Crippen LogP contribution in [0.3, 0.4) is 0 Å². The van der Waals surface area contributed by atoms with Gasteiger partial charge in [0.05, 0.1) is 6.42 Å². The lowest BCUT2D eigenvalue weighted by atomic mass is 9.94. The SMILES string of the molecule is CCC(C)C(NC(C)=O)C(=O)NC(C(=O)NC(C(=O)NC(Cc1ccccc1)C(=O)NC(CC(=O)O)C(=O)NC(CCSC)C(N)=O)C(C)CC)C(C)C. The second kappa shape index (κ2) is 23.9. The number of rotatable bonds is 24. The van der Waals surface area contributed by atoms with Gasteiger partial charge in [0.2, 0.25) is 41.4 Å². The van der Waals surface area contributed by atoms with Crippen LogP contribution in [0.5, 0.6) is 0 Å². The molecule has 0 aliphatic carbocycles. The maximum Gasteiger partial charge on any atom is 0.305 e. The lowest BCUT2D eigenvalue weighted by Gasteiger charge is -2.31. The quantitative estimate of drug-likeness (QED) is 0.0726. The molecule has 7 amide bonds. The number of nitrogens with one attached hydrogen (secondary N) is 6. The van der Waals surface area contributed by atoms with Crippen LogP contribution in [0.2, 0.25) is 0 Å². The fourth-order valence-corrected chi connectivity index (χ4v) is 5.89. The van der Waals surface area contributed by atoms with Crippen molar-refractivity contribution in [3.8, 4) is 0 Å². The van der Waals surface area contributed by atoms with Crippen LogP contribution in [0.1, 0.15) is 79.7 Å². The standard InChI is InChI=1S/C37H59N7O9S/c1-9-21(5)30(39-23(7)45)37(53)43-29(20(3)4)35(51)44-31(22(6)10-2)36(52)42-26(18-24-14-12-11-13-15-24)33(49)41-27(19-28(46)47)34(50)40-25(32(38)48)16-17-54-8/h11-15,20-22,25-27,29-31H,9-10,16-19H2,1-8H3,(H2,38,48)(H,39,45)(H,40,50)(H,41,49)(H,42,52)(H,43,53)(H,44,51)(H,46,47). The highest BCUT2D eigenvalue weighted by molar-refractivity contribution is 7.98. The van der Waals surface area contributed by atoms with Crippen molar-refractivity contribution < 1.29 is 43.5 Å². The summed E-state index contributed by atoms with van der Waals surface area (Å²) >= 11 is 1.41. The molecule has 1 aromatic rings. The second-order valence-electron chi connectivity index (χ2n) is 13.8. The zero-order chi connectivity index (χ0) is 41.1. The highest BCUT2D eigenvalue weighted by Gasteiger charge is 2.36. The Morgan fingerprint density at radius 1 is 0.667 bits per heavy atom. The van der Waals surface area contributed by atoms with Crippen molar-refractivity contribution in [2.45, 2.75) is 117 Å². The normalized spacial score (nSPS) is 15.5. The number of benzene rings is 1. The van der Waals surface area contributed by atoms with Crippen molar-refractivity contribution in [3.05, 3.63) is 35.9 Å². The molecule has 54 heavy (non-hydrogen) atoms. The number of thioether (sulfide) groups is 1. The first kappa shape index (κ1) is 47.4. The number of carbonyl (C=O) groups is 8. The zero-order valence-electron chi connectivity index (χ0n) is 32.5. The van der Waals surface area contributed by atoms with E-state index in [2.05, 4.69) is 31.9 Å². The fourth-order valence-electron chi connectivity index (χ4n) is 5.41. The molecule has 0 aliphatic rings. The van der Waals surface area contributed by atoms with Crippen molar-refractivity contribution >= 4 is 59.1 Å². The number of hydrogen-bond donors (Lipinski definition) is 8. The Balaban J connectivity index is 3.41. The lowest BCUT2D eigenvalue weighted by Crippen LogP contribution is -2.62. The molecule has 0 aromatic heterocycles. The van der Waals surface area contributed by atoms with Crippen LogP contribution in [-0.2, 0) is 44.8 Å². The van der Waals surface area contributed by atoms with Crippen molar-refractivity contribution in [1.82, 2.24) is 31.9 Å². The summed E-state index contributed by atoms with van der Waals surface area (Å²) in [7, 11) is 0. The molecule has 8 atom stereocenters. The summed E-state index contributed by atoms with van der Waals surface area (Å²) in [6, 6.07) is 1.41. The molecule has 8 unspecified atom stereocenters. The third kappa shape index (κ3) is 16.1. The molecule has 0 radical (unpaired) electrons. The van der Waals surface area contributed by atoms with Gasteiger partial charge < -0.3 is 42.7 Å². The maximum absolute atomic E-state index is 14.0. The van der Waals surface area contributed by atoms with Gasteiger partial charge in [0.25, 0.3) is 0 Å². The lowest BCUT2D eigenvalue weighted by molar-refractivity contribution is -0.141. The van der Waals surface area contributed by atoms with E-state index in [9.17, 15) is 43.5 Å². The average molecular weight is 778 g/mol. The molecule has 0 saturated carbocycles. The number of carboxylic acids is 1. The van der Waals surface area contributed by atoms with Crippen LogP contribution in [0.15, 0.2) is 30.3 Å². The zero-order valence-corrected chi connectivity index (χ0v) is 33.3. The van der Waals surface area contributed by atoms with E-state index in [0.717, 1.165) is 0 Å². The van der Waals surface area contributed by atoms with Crippen LogP contribution in [-0.4, -0.2) is 101 Å². The molecule has 1 aromatic carbocycles. The third-order valence-electron chi connectivity index (χ3n) is 9.09. The largest absolute Gasteiger partial charge is 0.481 e. The highest BCUT2D eigenvalue weighted by Crippen LogP contribution is 2.14. The van der Waals surface area contributed by atoms with Gasteiger partial charge in [0.15, 0.2) is 0 Å². The van der Waals surface area contributed by atoms with Gasteiger partial charge >= 0.3 is 5.97 Å². The van der Waals surface area contributed by atoms with E-state index in [-0.39, 0.29) is 18.8 Å². The number of carbonyl (C=O) groups excluding carboxylic acids is 7. The summed E-state index contributed by atoms with van der Waals surface area (Å²) in [5, 5.41) is 25.2. The van der Waals surface area contributed by atoms with Gasteiger partial charge in [0.1, 0.15) is 36.3 Å². The van der Waals surface area contributed by atoms with Crippen molar-refractivity contribution in [3.63, 3.8) is 0 Å². The minimum Gasteiger partial charge on any atom is -0.481 e. The smallest absolute Gasteiger partial charge is 0.305 e. The molecule has 0 aliphatic heterocycles. The van der Waals surface area contributed by atoms with Gasteiger partial charge in [0, 0.05) is 13.3 Å². The summed E-state index contributed by atoms with van der Waals surface area (Å²) < 4.78 is 0. The highest BCUT2D eigenvalue weighted by atomic mass is 32.2. The number of hydrogen-bond acceptors (Lipinski definition) is 9. The van der Waals surface area contributed by atoms with Gasteiger partial charge in [-0.15, -0.1) is 0 Å². The topological polar surface area (TPSA) is 255 Å². The van der Waals surface area contributed by atoms with Crippen LogP contribution in [0.4, 0.5) is 0 Å². The van der Waals surface area contributed by atoms with Crippen LogP contribution >= 0.6 is 11.8 Å². The summed E-state index contributed by atoms with van der Waals surface area (Å²) in [4.78, 5) is 104. The Morgan fingerprint density at radius 2 is 1.13 bits per heavy atom. The van der Waals surface area contributed by atoms with Gasteiger partial charge in [-0.2, -0.15) is 11.8 Å². The molecule has 302 valence electrons. The Kier molecular flexibility index (Phi) is 20.9. The van der Waals surface area contributed by atoms with Gasteiger partial charge in [-0.3, -0.25) is 38.4 Å². The monoisotopic (exact) mass is 777 g/mol. The third-order valence-corrected chi connectivity index (χ3v) is 9.74. The number of carboxylic acid groups (broad SMARTS) is 1. The van der Waals surface area contributed by atoms with Gasteiger partial charge in [-0.05, 0) is 41.7 Å². The van der Waals surface area contributed by atoms with Crippen molar-refractivity contribution in [2.75, 3.05) is 12.0 Å². The summed E-state index contributed by atoms with van der Waals surface area (Å²) in [5.74, 6) is -7.04.